The van der Waals surface area contributed by atoms with E-state index in [1.54, 1.807) is 36.4 Å². The number of nitrogens with zero attached hydrogens (tertiary/aromatic N) is 1. The molecule has 0 atom stereocenters. The molecule has 3 rings (SSSR count). The molecular weight excluding hydrogens is 338 g/mol. The van der Waals surface area contributed by atoms with Crippen molar-refractivity contribution in [1.29, 1.82) is 0 Å². The monoisotopic (exact) mass is 357 g/mol. The van der Waals surface area contributed by atoms with Crippen molar-refractivity contribution in [1.82, 2.24) is 0 Å². The van der Waals surface area contributed by atoms with Crippen molar-refractivity contribution in [3.8, 4) is 0 Å². The normalized spacial score (nSPS) is 14.2. The molecular formula is C19H20ClN3O2. The minimum atomic E-state index is -0.521. The predicted molar refractivity (Wildman–Crippen MR) is 100 cm³/mol. The highest BCUT2D eigenvalue weighted by Gasteiger charge is 2.18. The average molecular weight is 358 g/mol. The fourth-order valence-electron chi connectivity index (χ4n) is 3.00. The zero-order valence-electron chi connectivity index (χ0n) is 13.8. The van der Waals surface area contributed by atoms with E-state index in [1.165, 1.54) is 6.42 Å². The van der Waals surface area contributed by atoms with Crippen LogP contribution < -0.4 is 16.0 Å². The minimum absolute atomic E-state index is 0.253. The third kappa shape index (κ3) is 4.12. The minimum Gasteiger partial charge on any atom is -0.370 e. The largest absolute Gasteiger partial charge is 0.370 e. The Hall–Kier alpha value is -2.53. The zero-order chi connectivity index (χ0) is 17.8. The number of amides is 2. The van der Waals surface area contributed by atoms with Crippen LogP contribution in [0.3, 0.4) is 0 Å². The first-order valence-electron chi connectivity index (χ1n) is 8.30. The van der Waals surface area contributed by atoms with Crippen molar-refractivity contribution in [3.63, 3.8) is 0 Å². The lowest BCUT2D eigenvalue weighted by Crippen LogP contribution is -2.30. The van der Waals surface area contributed by atoms with E-state index in [2.05, 4.69) is 10.2 Å². The summed E-state index contributed by atoms with van der Waals surface area (Å²) in [5.41, 5.74) is 7.76. The first-order valence-corrected chi connectivity index (χ1v) is 8.68. The number of halogens is 1. The summed E-state index contributed by atoms with van der Waals surface area (Å²) in [5, 5.41) is 3.48. The molecule has 1 saturated heterocycles. The van der Waals surface area contributed by atoms with Gasteiger partial charge in [-0.15, -0.1) is 0 Å². The molecule has 0 aliphatic carbocycles. The molecule has 1 aliphatic rings. The van der Waals surface area contributed by atoms with E-state index in [1.807, 2.05) is 6.07 Å². The molecule has 1 fully saturated rings. The van der Waals surface area contributed by atoms with Gasteiger partial charge in [0.25, 0.3) is 5.91 Å². The van der Waals surface area contributed by atoms with E-state index in [0.717, 1.165) is 31.6 Å². The van der Waals surface area contributed by atoms with Gasteiger partial charge in [0.15, 0.2) is 0 Å². The van der Waals surface area contributed by atoms with Gasteiger partial charge < -0.3 is 16.0 Å². The van der Waals surface area contributed by atoms with Crippen LogP contribution in [0.2, 0.25) is 5.02 Å². The van der Waals surface area contributed by atoms with E-state index < -0.39 is 5.91 Å². The smallest absolute Gasteiger partial charge is 0.255 e. The van der Waals surface area contributed by atoms with Gasteiger partial charge in [0.1, 0.15) is 0 Å². The van der Waals surface area contributed by atoms with Crippen molar-refractivity contribution in [2.45, 2.75) is 19.3 Å². The molecule has 1 aliphatic heterocycles. The molecule has 2 aromatic carbocycles. The molecule has 5 nitrogen and oxygen atoms in total. The van der Waals surface area contributed by atoms with Crippen molar-refractivity contribution < 1.29 is 9.59 Å². The molecule has 0 radical (unpaired) electrons. The van der Waals surface area contributed by atoms with Gasteiger partial charge in [-0.1, -0.05) is 11.6 Å². The molecule has 0 unspecified atom stereocenters. The number of piperidine rings is 1. The van der Waals surface area contributed by atoms with Crippen molar-refractivity contribution in [2.24, 2.45) is 5.73 Å². The van der Waals surface area contributed by atoms with Crippen molar-refractivity contribution >= 4 is 34.8 Å². The lowest BCUT2D eigenvalue weighted by Gasteiger charge is -2.30. The zero-order valence-corrected chi connectivity index (χ0v) is 14.6. The molecule has 0 saturated carbocycles. The summed E-state index contributed by atoms with van der Waals surface area (Å²) in [6, 6.07) is 11.9. The molecule has 0 spiro atoms. The Labute approximate surface area is 151 Å². The Morgan fingerprint density at radius 2 is 1.60 bits per heavy atom. The summed E-state index contributed by atoms with van der Waals surface area (Å²) < 4.78 is 0. The second-order valence-electron chi connectivity index (χ2n) is 6.10. The fourth-order valence-corrected chi connectivity index (χ4v) is 3.12. The Morgan fingerprint density at radius 3 is 2.24 bits per heavy atom. The number of nitrogens with two attached hydrogens (primary N) is 1. The van der Waals surface area contributed by atoms with Gasteiger partial charge in [-0.3, -0.25) is 9.59 Å². The third-order valence-corrected chi connectivity index (χ3v) is 4.58. The highest BCUT2D eigenvalue weighted by molar-refractivity contribution is 6.30. The molecule has 1 heterocycles. The Kier molecular flexibility index (Phi) is 5.24. The van der Waals surface area contributed by atoms with Gasteiger partial charge in [0.05, 0.1) is 11.4 Å². The number of hydrogen-bond donors (Lipinski definition) is 2. The topological polar surface area (TPSA) is 75.4 Å². The van der Waals surface area contributed by atoms with E-state index in [-0.39, 0.29) is 5.91 Å². The summed E-state index contributed by atoms with van der Waals surface area (Å²) in [6.07, 6.45) is 3.44. The van der Waals surface area contributed by atoms with Gasteiger partial charge >= 0.3 is 0 Å². The van der Waals surface area contributed by atoms with E-state index in [0.29, 0.717) is 21.8 Å². The highest BCUT2D eigenvalue weighted by atomic mass is 35.5. The van der Waals surface area contributed by atoms with E-state index in [4.69, 9.17) is 17.3 Å². The van der Waals surface area contributed by atoms with Crippen LogP contribution in [-0.4, -0.2) is 24.9 Å². The van der Waals surface area contributed by atoms with Crippen molar-refractivity contribution in [3.05, 3.63) is 58.6 Å². The van der Waals surface area contributed by atoms with Gasteiger partial charge in [0, 0.05) is 29.2 Å². The lowest BCUT2D eigenvalue weighted by molar-refractivity contribution is 0.0996. The van der Waals surface area contributed by atoms with Crippen LogP contribution in [0.15, 0.2) is 42.5 Å². The molecule has 0 aromatic heterocycles. The van der Waals surface area contributed by atoms with E-state index >= 15 is 0 Å². The number of hydrogen-bond acceptors (Lipinski definition) is 3. The van der Waals surface area contributed by atoms with Gasteiger partial charge in [-0.05, 0) is 61.7 Å². The van der Waals surface area contributed by atoms with Crippen molar-refractivity contribution in [2.75, 3.05) is 23.3 Å². The standard InChI is InChI=1S/C19H20ClN3O2/c20-15-7-4-13(5-8-15)19(25)22-16-12-14(18(21)24)6-9-17(16)23-10-2-1-3-11-23/h4-9,12H,1-3,10-11H2,(H2,21,24)(H,22,25). The maximum absolute atomic E-state index is 12.6. The van der Waals surface area contributed by atoms with Crippen LogP contribution in [0, 0.1) is 0 Å². The van der Waals surface area contributed by atoms with Crippen LogP contribution in [-0.2, 0) is 0 Å². The highest BCUT2D eigenvalue weighted by Crippen LogP contribution is 2.30. The number of carbonyl (C=O) groups excluding carboxylic acids is 2. The number of primary amides is 1. The van der Waals surface area contributed by atoms with Crippen LogP contribution in [0.25, 0.3) is 0 Å². The number of benzene rings is 2. The Morgan fingerprint density at radius 1 is 0.960 bits per heavy atom. The third-order valence-electron chi connectivity index (χ3n) is 4.33. The molecule has 3 N–H and O–H groups in total. The van der Waals surface area contributed by atoms with Crippen LogP contribution >= 0.6 is 11.6 Å². The second-order valence-corrected chi connectivity index (χ2v) is 6.54. The predicted octanol–water partition coefficient (Wildman–Crippen LogP) is 3.68. The molecule has 0 bridgehead atoms. The van der Waals surface area contributed by atoms with Gasteiger partial charge in [-0.2, -0.15) is 0 Å². The average Bonchev–Trinajstić information content (AvgIpc) is 2.63. The maximum Gasteiger partial charge on any atom is 0.255 e. The van der Waals surface area contributed by atoms with Crippen LogP contribution in [0.1, 0.15) is 40.0 Å². The van der Waals surface area contributed by atoms with Crippen LogP contribution in [0.4, 0.5) is 11.4 Å². The summed E-state index contributed by atoms with van der Waals surface area (Å²) >= 11 is 5.87. The second kappa shape index (κ2) is 7.57. The number of nitrogens with one attached hydrogen (secondary N) is 1. The Balaban J connectivity index is 1.91. The summed E-state index contributed by atoms with van der Waals surface area (Å²) in [5.74, 6) is -0.774. The summed E-state index contributed by atoms with van der Waals surface area (Å²) in [7, 11) is 0. The molecule has 25 heavy (non-hydrogen) atoms. The molecule has 130 valence electrons. The van der Waals surface area contributed by atoms with E-state index in [9.17, 15) is 9.59 Å². The molecule has 2 aromatic rings. The maximum atomic E-state index is 12.6. The van der Waals surface area contributed by atoms with Gasteiger partial charge in [0.2, 0.25) is 5.91 Å². The summed E-state index contributed by atoms with van der Waals surface area (Å²) in [4.78, 5) is 26.3. The molecule has 6 heteroatoms. The SMILES string of the molecule is NC(=O)c1ccc(N2CCCCC2)c(NC(=O)c2ccc(Cl)cc2)c1. The quantitative estimate of drug-likeness (QED) is 0.876. The summed E-state index contributed by atoms with van der Waals surface area (Å²) in [6.45, 7) is 1.86. The lowest BCUT2D eigenvalue weighted by atomic mass is 10.1. The van der Waals surface area contributed by atoms with Crippen LogP contribution in [0.5, 0.6) is 0 Å². The number of carbonyl (C=O) groups is 2. The fraction of sp³-hybridized carbons (Fsp3) is 0.263. The number of rotatable bonds is 4. The first kappa shape index (κ1) is 17.3. The molecule has 2 amide bonds. The number of anilines is 2. The first-order chi connectivity index (χ1) is 12.0. The van der Waals surface area contributed by atoms with Gasteiger partial charge in [-0.25, -0.2) is 0 Å². The Bertz CT molecular complexity index is 784.